The Bertz CT molecular complexity index is 512. The number of amides is 1. The first-order valence-corrected chi connectivity index (χ1v) is 7.33. The predicted molar refractivity (Wildman–Crippen MR) is 76.9 cm³/mol. The Kier molecular flexibility index (Phi) is 5.84. The normalized spacial score (nSPS) is 16.4. The Balaban J connectivity index is 1.84. The molecule has 5 nitrogen and oxygen atoms in total. The number of aliphatic hydroxyl groups excluding tert-OH is 1. The number of halogens is 3. The zero-order chi connectivity index (χ0) is 16.9. The first kappa shape index (κ1) is 17.6. The molecule has 0 saturated carbocycles. The summed E-state index contributed by atoms with van der Waals surface area (Å²) in [7, 11) is 0. The van der Waals surface area contributed by atoms with Gasteiger partial charge in [0.1, 0.15) is 5.75 Å². The second kappa shape index (κ2) is 7.65. The van der Waals surface area contributed by atoms with Gasteiger partial charge in [-0.15, -0.1) is 13.2 Å². The number of rotatable bonds is 5. The Morgan fingerprint density at radius 1 is 1.13 bits per heavy atom. The number of nitrogens with zero attached hydrogens (tertiary/aromatic N) is 2. The van der Waals surface area contributed by atoms with Crippen molar-refractivity contribution in [3.63, 3.8) is 0 Å². The topological polar surface area (TPSA) is 53.0 Å². The van der Waals surface area contributed by atoms with E-state index in [2.05, 4.69) is 9.64 Å². The van der Waals surface area contributed by atoms with Crippen LogP contribution in [0.3, 0.4) is 0 Å². The highest BCUT2D eigenvalue weighted by atomic mass is 19.4. The zero-order valence-corrected chi connectivity index (χ0v) is 12.6. The molecule has 0 spiro atoms. The van der Waals surface area contributed by atoms with Gasteiger partial charge in [0, 0.05) is 32.7 Å². The van der Waals surface area contributed by atoms with Gasteiger partial charge in [-0.25, -0.2) is 0 Å². The van der Waals surface area contributed by atoms with Gasteiger partial charge >= 0.3 is 6.36 Å². The number of hydrogen-bond acceptors (Lipinski definition) is 4. The number of β-amino-alcohol motifs (C(OH)–C–C–N with tert-alkyl or cyclic N) is 1. The fourth-order valence-electron chi connectivity index (χ4n) is 2.46. The number of alkyl halides is 3. The number of aliphatic hydroxyl groups is 1. The number of hydrogen-bond donors (Lipinski definition) is 1. The van der Waals surface area contributed by atoms with E-state index in [1.807, 2.05) is 0 Å². The lowest BCUT2D eigenvalue weighted by molar-refractivity contribution is -0.274. The standard InChI is InChI=1S/C15H19F3N2O3/c16-15(17,18)23-13-3-1-12(2-4-13)11-14(22)20-7-5-19(6-8-20)9-10-21/h1-4,21H,5-11H2. The fourth-order valence-corrected chi connectivity index (χ4v) is 2.46. The van der Waals surface area contributed by atoms with Gasteiger partial charge in [-0.2, -0.15) is 0 Å². The molecule has 1 aliphatic heterocycles. The summed E-state index contributed by atoms with van der Waals surface area (Å²) in [5.41, 5.74) is 0.641. The monoisotopic (exact) mass is 332 g/mol. The minimum absolute atomic E-state index is 0.0573. The van der Waals surface area contributed by atoms with Crippen LogP contribution in [0.1, 0.15) is 5.56 Å². The lowest BCUT2D eigenvalue weighted by Gasteiger charge is -2.34. The van der Waals surface area contributed by atoms with Crippen molar-refractivity contribution in [2.24, 2.45) is 0 Å². The van der Waals surface area contributed by atoms with Crippen LogP contribution in [0.15, 0.2) is 24.3 Å². The number of carbonyl (C=O) groups excluding carboxylic acids is 1. The van der Waals surface area contributed by atoms with Crippen molar-refractivity contribution in [1.82, 2.24) is 9.80 Å². The van der Waals surface area contributed by atoms with Gasteiger partial charge in [-0.1, -0.05) is 12.1 Å². The zero-order valence-electron chi connectivity index (χ0n) is 12.6. The van der Waals surface area contributed by atoms with Crippen molar-refractivity contribution in [3.8, 4) is 5.75 Å². The molecule has 128 valence electrons. The molecule has 1 fully saturated rings. The van der Waals surface area contributed by atoms with Gasteiger partial charge in [0.15, 0.2) is 0 Å². The summed E-state index contributed by atoms with van der Waals surface area (Å²) in [5.74, 6) is -0.357. The minimum atomic E-state index is -4.72. The van der Waals surface area contributed by atoms with Gasteiger partial charge in [0.2, 0.25) is 5.91 Å². The first-order chi connectivity index (χ1) is 10.9. The molecule has 1 amide bonds. The van der Waals surface area contributed by atoms with E-state index in [1.54, 1.807) is 4.90 Å². The second-order valence-corrected chi connectivity index (χ2v) is 5.31. The molecule has 23 heavy (non-hydrogen) atoms. The molecule has 0 aromatic heterocycles. The molecule has 0 aliphatic carbocycles. The molecule has 0 unspecified atom stereocenters. The summed E-state index contributed by atoms with van der Waals surface area (Å²) in [6.07, 6.45) is -4.57. The van der Waals surface area contributed by atoms with E-state index in [0.717, 1.165) is 0 Å². The highest BCUT2D eigenvalue weighted by Gasteiger charge is 2.31. The van der Waals surface area contributed by atoms with Gasteiger partial charge in [0.25, 0.3) is 0 Å². The third-order valence-electron chi connectivity index (χ3n) is 3.65. The molecule has 1 saturated heterocycles. The average molecular weight is 332 g/mol. The molecule has 1 N–H and O–H groups in total. The van der Waals surface area contributed by atoms with Crippen molar-refractivity contribution in [2.45, 2.75) is 12.8 Å². The quantitative estimate of drug-likeness (QED) is 0.882. The van der Waals surface area contributed by atoms with Crippen molar-refractivity contribution < 1.29 is 27.8 Å². The van der Waals surface area contributed by atoms with Gasteiger partial charge < -0.3 is 14.7 Å². The minimum Gasteiger partial charge on any atom is -0.406 e. The molecule has 1 heterocycles. The van der Waals surface area contributed by atoms with E-state index in [4.69, 9.17) is 5.11 Å². The van der Waals surface area contributed by atoms with Crippen molar-refractivity contribution >= 4 is 5.91 Å². The van der Waals surface area contributed by atoms with Gasteiger partial charge in [-0.3, -0.25) is 9.69 Å². The predicted octanol–water partition coefficient (Wildman–Crippen LogP) is 1.26. The SMILES string of the molecule is O=C(Cc1ccc(OC(F)(F)F)cc1)N1CCN(CCO)CC1. The van der Waals surface area contributed by atoms with Crippen molar-refractivity contribution in [1.29, 1.82) is 0 Å². The van der Waals surface area contributed by atoms with Crippen LogP contribution in [0, 0.1) is 0 Å². The van der Waals surface area contributed by atoms with Crippen LogP contribution in [-0.4, -0.2) is 66.5 Å². The Hall–Kier alpha value is -1.80. The Labute approximate surface area is 132 Å². The highest BCUT2D eigenvalue weighted by Crippen LogP contribution is 2.23. The van der Waals surface area contributed by atoms with E-state index >= 15 is 0 Å². The fraction of sp³-hybridized carbons (Fsp3) is 0.533. The van der Waals surface area contributed by atoms with E-state index in [0.29, 0.717) is 38.3 Å². The van der Waals surface area contributed by atoms with Crippen LogP contribution in [0.2, 0.25) is 0 Å². The molecule has 1 aromatic carbocycles. The third kappa shape index (κ3) is 5.72. The average Bonchev–Trinajstić information content (AvgIpc) is 2.49. The smallest absolute Gasteiger partial charge is 0.406 e. The summed E-state index contributed by atoms with van der Waals surface area (Å²) in [6.45, 7) is 3.31. The molecule has 1 aromatic rings. The molecule has 0 atom stereocenters. The van der Waals surface area contributed by atoms with Crippen LogP contribution < -0.4 is 4.74 Å². The van der Waals surface area contributed by atoms with E-state index in [-0.39, 0.29) is 24.7 Å². The summed E-state index contributed by atoms with van der Waals surface area (Å²) < 4.78 is 40.0. The third-order valence-corrected chi connectivity index (χ3v) is 3.65. The highest BCUT2D eigenvalue weighted by molar-refractivity contribution is 5.78. The van der Waals surface area contributed by atoms with E-state index < -0.39 is 6.36 Å². The maximum absolute atomic E-state index is 12.2. The molecule has 2 rings (SSSR count). The summed E-state index contributed by atoms with van der Waals surface area (Å²) in [6, 6.07) is 5.33. The molecule has 0 radical (unpaired) electrons. The number of benzene rings is 1. The van der Waals surface area contributed by atoms with Gasteiger partial charge in [0.05, 0.1) is 13.0 Å². The van der Waals surface area contributed by atoms with Gasteiger partial charge in [-0.05, 0) is 17.7 Å². The number of ether oxygens (including phenoxy) is 1. The number of piperazine rings is 1. The Morgan fingerprint density at radius 3 is 2.26 bits per heavy atom. The van der Waals surface area contributed by atoms with Crippen LogP contribution in [0.25, 0.3) is 0 Å². The maximum Gasteiger partial charge on any atom is 0.573 e. The first-order valence-electron chi connectivity index (χ1n) is 7.33. The van der Waals surface area contributed by atoms with E-state index in [9.17, 15) is 18.0 Å². The van der Waals surface area contributed by atoms with E-state index in [1.165, 1.54) is 24.3 Å². The maximum atomic E-state index is 12.2. The van der Waals surface area contributed by atoms with Crippen LogP contribution >= 0.6 is 0 Å². The lowest BCUT2D eigenvalue weighted by Crippen LogP contribution is -2.49. The van der Waals surface area contributed by atoms with Crippen LogP contribution in [-0.2, 0) is 11.2 Å². The van der Waals surface area contributed by atoms with Crippen LogP contribution in [0.5, 0.6) is 5.75 Å². The van der Waals surface area contributed by atoms with Crippen molar-refractivity contribution in [3.05, 3.63) is 29.8 Å². The summed E-state index contributed by atoms with van der Waals surface area (Å²) >= 11 is 0. The summed E-state index contributed by atoms with van der Waals surface area (Å²) in [5, 5.41) is 8.88. The van der Waals surface area contributed by atoms with Crippen molar-refractivity contribution in [2.75, 3.05) is 39.3 Å². The number of carbonyl (C=O) groups is 1. The summed E-state index contributed by atoms with van der Waals surface area (Å²) in [4.78, 5) is 16.0. The molecule has 1 aliphatic rings. The van der Waals surface area contributed by atoms with Crippen LogP contribution in [0.4, 0.5) is 13.2 Å². The Morgan fingerprint density at radius 2 is 1.74 bits per heavy atom. The molecule has 0 bridgehead atoms. The largest absolute Gasteiger partial charge is 0.573 e. The molecule has 8 heteroatoms. The molecular weight excluding hydrogens is 313 g/mol. The second-order valence-electron chi connectivity index (χ2n) is 5.31. The lowest BCUT2D eigenvalue weighted by atomic mass is 10.1. The molecular formula is C15H19F3N2O3.